The van der Waals surface area contributed by atoms with E-state index in [1.165, 1.54) is 31.2 Å². The second-order valence-electron chi connectivity index (χ2n) is 6.86. The molecule has 0 saturated heterocycles. The number of allylic oxidation sites excluding steroid dienone is 1. The summed E-state index contributed by atoms with van der Waals surface area (Å²) in [6.07, 6.45) is 10.9. The molecule has 130 valence electrons. The van der Waals surface area contributed by atoms with Crippen molar-refractivity contribution in [2.45, 2.75) is 38.6 Å². The second-order valence-corrected chi connectivity index (χ2v) is 6.86. The maximum absolute atomic E-state index is 6.00. The predicted octanol–water partition coefficient (Wildman–Crippen LogP) is 4.81. The molecule has 4 heteroatoms. The highest BCUT2D eigenvalue weighted by molar-refractivity contribution is 5.82. The number of para-hydroxylation sites is 1. The second kappa shape index (κ2) is 7.28. The number of hydrogen-bond donors (Lipinski definition) is 1. The summed E-state index contributed by atoms with van der Waals surface area (Å²) in [5.74, 6) is 0.841. The Balaban J connectivity index is 1.44. The fraction of sp³-hybridized carbons (Fsp3) is 0.381. The molecule has 1 N–H and O–H groups in total. The molecule has 0 amide bonds. The van der Waals surface area contributed by atoms with E-state index in [0.717, 1.165) is 41.9 Å². The topological polar surface area (TPSA) is 43.0 Å². The lowest BCUT2D eigenvalue weighted by molar-refractivity contribution is 0.619. The van der Waals surface area contributed by atoms with Gasteiger partial charge in [-0.1, -0.05) is 29.8 Å². The first kappa shape index (κ1) is 16.2. The molecule has 2 aromatic heterocycles. The summed E-state index contributed by atoms with van der Waals surface area (Å²) in [7, 11) is 1.96. The summed E-state index contributed by atoms with van der Waals surface area (Å²) in [4.78, 5) is 0. The minimum absolute atomic E-state index is 0.813. The van der Waals surface area contributed by atoms with Gasteiger partial charge in [-0.2, -0.15) is 5.10 Å². The van der Waals surface area contributed by atoms with E-state index >= 15 is 0 Å². The fourth-order valence-corrected chi connectivity index (χ4v) is 3.58. The Morgan fingerprint density at radius 1 is 1.24 bits per heavy atom. The van der Waals surface area contributed by atoms with E-state index in [2.05, 4.69) is 34.8 Å². The minimum atomic E-state index is 0.813. The normalized spacial score (nSPS) is 14.8. The summed E-state index contributed by atoms with van der Waals surface area (Å²) in [6.45, 7) is 1.83. The molecule has 1 aliphatic rings. The number of rotatable bonds is 6. The lowest BCUT2D eigenvalue weighted by Crippen LogP contribution is -2.15. The summed E-state index contributed by atoms with van der Waals surface area (Å²) in [5.41, 5.74) is 4.64. The van der Waals surface area contributed by atoms with Gasteiger partial charge >= 0.3 is 0 Å². The van der Waals surface area contributed by atoms with E-state index in [1.807, 2.05) is 29.9 Å². The van der Waals surface area contributed by atoms with E-state index in [-0.39, 0.29) is 0 Å². The maximum atomic E-state index is 6.00. The Hall–Kier alpha value is -2.33. The Bertz CT molecular complexity index is 855. The summed E-state index contributed by atoms with van der Waals surface area (Å²) in [5, 5.41) is 9.30. The Morgan fingerprint density at radius 2 is 2.16 bits per heavy atom. The van der Waals surface area contributed by atoms with Crippen LogP contribution >= 0.6 is 0 Å². The molecule has 0 bridgehead atoms. The van der Waals surface area contributed by atoms with Crippen LogP contribution in [0.1, 0.15) is 37.7 Å². The molecule has 2 heterocycles. The molecule has 0 radical (unpaired) electrons. The molecule has 4 rings (SSSR count). The minimum Gasteiger partial charge on any atom is -0.454 e. The molecule has 1 aromatic carbocycles. The van der Waals surface area contributed by atoms with Crippen molar-refractivity contribution in [3.8, 4) is 11.5 Å². The fourth-order valence-electron chi connectivity index (χ4n) is 3.58. The van der Waals surface area contributed by atoms with Crippen LogP contribution in [0.25, 0.3) is 22.4 Å². The van der Waals surface area contributed by atoms with Crippen LogP contribution in [0.3, 0.4) is 0 Å². The third-order valence-electron chi connectivity index (χ3n) is 4.89. The van der Waals surface area contributed by atoms with Crippen LogP contribution in [0.15, 0.2) is 52.6 Å². The van der Waals surface area contributed by atoms with Crippen molar-refractivity contribution >= 4 is 11.0 Å². The summed E-state index contributed by atoms with van der Waals surface area (Å²) >= 11 is 0. The molecule has 0 saturated carbocycles. The number of furan rings is 1. The first-order valence-corrected chi connectivity index (χ1v) is 9.20. The molecule has 0 fully saturated rings. The van der Waals surface area contributed by atoms with Crippen molar-refractivity contribution < 1.29 is 4.42 Å². The number of fused-ring (bicyclic) bond motifs is 1. The number of aryl methyl sites for hydroxylation is 1. The number of benzene rings is 1. The zero-order valence-corrected chi connectivity index (χ0v) is 14.8. The number of aromatic nitrogens is 2. The number of nitrogens with zero attached hydrogens (tertiary/aromatic N) is 2. The number of hydrogen-bond acceptors (Lipinski definition) is 3. The van der Waals surface area contributed by atoms with Crippen LogP contribution in [0.2, 0.25) is 0 Å². The molecular weight excluding hydrogens is 310 g/mol. The maximum Gasteiger partial charge on any atom is 0.156 e. The summed E-state index contributed by atoms with van der Waals surface area (Å²) in [6, 6.07) is 10.2. The van der Waals surface area contributed by atoms with Gasteiger partial charge in [-0.25, -0.2) is 0 Å². The SMILES string of the molecule is Cn1cc(CNCCC2=CCCCC2)c(-c2cc3ccccc3o2)n1. The first-order valence-electron chi connectivity index (χ1n) is 9.20. The van der Waals surface area contributed by atoms with Crippen molar-refractivity contribution in [1.29, 1.82) is 0 Å². The predicted molar refractivity (Wildman–Crippen MR) is 101 cm³/mol. The standard InChI is InChI=1S/C21H25N3O/c1-24-15-18(14-22-12-11-16-7-3-2-4-8-16)21(23-24)20-13-17-9-5-6-10-19(17)25-20/h5-7,9-10,13,15,22H,2-4,8,11-12,14H2,1H3. The van der Waals surface area contributed by atoms with Crippen molar-refractivity contribution in [3.63, 3.8) is 0 Å². The smallest absolute Gasteiger partial charge is 0.156 e. The van der Waals surface area contributed by atoms with Gasteiger partial charge in [0, 0.05) is 30.7 Å². The molecule has 0 unspecified atom stereocenters. The average Bonchev–Trinajstić information content (AvgIpc) is 3.22. The first-order chi connectivity index (χ1) is 12.3. The van der Waals surface area contributed by atoms with Gasteiger partial charge in [0.25, 0.3) is 0 Å². The molecule has 1 aliphatic carbocycles. The third-order valence-corrected chi connectivity index (χ3v) is 4.89. The van der Waals surface area contributed by atoms with Gasteiger partial charge in [-0.05, 0) is 50.8 Å². The van der Waals surface area contributed by atoms with E-state index in [4.69, 9.17) is 4.42 Å². The van der Waals surface area contributed by atoms with E-state index < -0.39 is 0 Å². The summed E-state index contributed by atoms with van der Waals surface area (Å²) < 4.78 is 7.86. The molecule has 4 nitrogen and oxygen atoms in total. The number of nitrogens with one attached hydrogen (secondary N) is 1. The molecule has 3 aromatic rings. The van der Waals surface area contributed by atoms with Gasteiger partial charge in [0.05, 0.1) is 0 Å². The largest absolute Gasteiger partial charge is 0.454 e. The Morgan fingerprint density at radius 3 is 3.00 bits per heavy atom. The lowest BCUT2D eigenvalue weighted by Gasteiger charge is -2.12. The van der Waals surface area contributed by atoms with Crippen LogP contribution in [0.5, 0.6) is 0 Å². The molecule has 0 atom stereocenters. The van der Waals surface area contributed by atoms with Crippen LogP contribution in [-0.4, -0.2) is 16.3 Å². The molecule has 0 aliphatic heterocycles. The zero-order valence-electron chi connectivity index (χ0n) is 14.8. The highest BCUT2D eigenvalue weighted by Crippen LogP contribution is 2.29. The Labute approximate surface area is 148 Å². The molecule has 0 spiro atoms. The van der Waals surface area contributed by atoms with Crippen molar-refractivity contribution in [1.82, 2.24) is 15.1 Å². The zero-order chi connectivity index (χ0) is 17.1. The van der Waals surface area contributed by atoms with Gasteiger partial charge in [-0.15, -0.1) is 0 Å². The Kier molecular flexibility index (Phi) is 4.70. The third kappa shape index (κ3) is 3.69. The van der Waals surface area contributed by atoms with Crippen LogP contribution in [0, 0.1) is 0 Å². The van der Waals surface area contributed by atoms with Crippen molar-refractivity contribution in [2.24, 2.45) is 7.05 Å². The van der Waals surface area contributed by atoms with Gasteiger partial charge in [-0.3, -0.25) is 4.68 Å². The average molecular weight is 335 g/mol. The van der Waals surface area contributed by atoms with Gasteiger partial charge < -0.3 is 9.73 Å². The van der Waals surface area contributed by atoms with Crippen LogP contribution in [0.4, 0.5) is 0 Å². The lowest BCUT2D eigenvalue weighted by atomic mass is 9.97. The highest BCUT2D eigenvalue weighted by atomic mass is 16.3. The van der Waals surface area contributed by atoms with Gasteiger partial charge in [0.1, 0.15) is 11.3 Å². The quantitative estimate of drug-likeness (QED) is 0.519. The van der Waals surface area contributed by atoms with Crippen LogP contribution < -0.4 is 5.32 Å². The molecular formula is C21H25N3O. The van der Waals surface area contributed by atoms with E-state index in [1.54, 1.807) is 5.57 Å². The monoisotopic (exact) mass is 335 g/mol. The van der Waals surface area contributed by atoms with Gasteiger partial charge in [0.2, 0.25) is 0 Å². The van der Waals surface area contributed by atoms with Crippen LogP contribution in [-0.2, 0) is 13.6 Å². The van der Waals surface area contributed by atoms with Crippen molar-refractivity contribution in [2.75, 3.05) is 6.54 Å². The van der Waals surface area contributed by atoms with E-state index in [0.29, 0.717) is 0 Å². The van der Waals surface area contributed by atoms with E-state index in [9.17, 15) is 0 Å². The highest BCUT2D eigenvalue weighted by Gasteiger charge is 2.14. The molecule has 25 heavy (non-hydrogen) atoms. The van der Waals surface area contributed by atoms with Crippen molar-refractivity contribution in [3.05, 3.63) is 53.7 Å². The van der Waals surface area contributed by atoms with Gasteiger partial charge in [0.15, 0.2) is 5.76 Å².